The first-order valence-corrected chi connectivity index (χ1v) is 6.23. The minimum absolute atomic E-state index is 0.0252. The van der Waals surface area contributed by atoms with Gasteiger partial charge in [-0.2, -0.15) is 0 Å². The van der Waals surface area contributed by atoms with Gasteiger partial charge in [-0.05, 0) is 41.3 Å². The van der Waals surface area contributed by atoms with Crippen molar-refractivity contribution in [3.05, 3.63) is 47.5 Å². The molecule has 0 atom stereocenters. The molecule has 1 N–H and O–H groups in total. The van der Waals surface area contributed by atoms with Crippen molar-refractivity contribution < 1.29 is 14.6 Å². The molecule has 2 aromatic carbocycles. The van der Waals surface area contributed by atoms with Crippen LogP contribution in [0.15, 0.2) is 36.4 Å². The quantitative estimate of drug-likeness (QED) is 0.895. The molecule has 0 aliphatic heterocycles. The van der Waals surface area contributed by atoms with Gasteiger partial charge in [0.15, 0.2) is 5.78 Å². The summed E-state index contributed by atoms with van der Waals surface area (Å²) in [6.45, 7) is 0. The third-order valence-electron chi connectivity index (χ3n) is 3.55. The largest absolute Gasteiger partial charge is 0.507 e. The molecule has 2 aromatic rings. The summed E-state index contributed by atoms with van der Waals surface area (Å²) in [5.74, 6) is 0.894. The first-order valence-electron chi connectivity index (χ1n) is 6.23. The van der Waals surface area contributed by atoms with Gasteiger partial charge in [-0.1, -0.05) is 18.2 Å². The summed E-state index contributed by atoms with van der Waals surface area (Å²) < 4.78 is 5.22. The lowest BCUT2D eigenvalue weighted by atomic mass is 9.96. The number of benzene rings is 2. The Bertz CT molecular complexity index is 659. The van der Waals surface area contributed by atoms with Crippen molar-refractivity contribution in [3.8, 4) is 22.6 Å². The number of aromatic hydroxyl groups is 1. The predicted octanol–water partition coefficient (Wildman–Crippen LogP) is 3.20. The minimum atomic E-state index is 0.0252. The third-order valence-corrected chi connectivity index (χ3v) is 3.55. The number of carbonyl (C=O) groups excluding carboxylic acids is 1. The summed E-state index contributed by atoms with van der Waals surface area (Å²) in [7, 11) is 1.63. The maximum atomic E-state index is 11.8. The molecule has 96 valence electrons. The monoisotopic (exact) mass is 254 g/mol. The highest BCUT2D eigenvalue weighted by molar-refractivity contribution is 6.04. The fraction of sp³-hybridized carbons (Fsp3) is 0.188. The molecule has 0 unspecified atom stereocenters. The number of rotatable bonds is 2. The van der Waals surface area contributed by atoms with Crippen molar-refractivity contribution in [2.75, 3.05) is 7.11 Å². The van der Waals surface area contributed by atoms with E-state index in [0.29, 0.717) is 18.4 Å². The fourth-order valence-corrected chi connectivity index (χ4v) is 2.63. The molecular weight excluding hydrogens is 240 g/mol. The van der Waals surface area contributed by atoms with Crippen LogP contribution in [0.1, 0.15) is 22.3 Å². The molecule has 0 radical (unpaired) electrons. The maximum Gasteiger partial charge on any atom is 0.167 e. The lowest BCUT2D eigenvalue weighted by Gasteiger charge is -2.10. The molecule has 3 rings (SSSR count). The summed E-state index contributed by atoms with van der Waals surface area (Å²) in [4.78, 5) is 11.8. The summed E-state index contributed by atoms with van der Waals surface area (Å²) in [5, 5.41) is 9.83. The number of fused-ring (bicyclic) bond motifs is 1. The first-order chi connectivity index (χ1) is 9.20. The second-order valence-electron chi connectivity index (χ2n) is 4.64. The lowest BCUT2D eigenvalue weighted by Crippen LogP contribution is -1.94. The zero-order chi connectivity index (χ0) is 13.4. The highest BCUT2D eigenvalue weighted by atomic mass is 16.5. The van der Waals surface area contributed by atoms with E-state index in [2.05, 4.69) is 0 Å². The average molecular weight is 254 g/mol. The molecule has 0 saturated carbocycles. The highest BCUT2D eigenvalue weighted by Gasteiger charge is 2.26. The second kappa shape index (κ2) is 4.43. The normalized spacial score (nSPS) is 13.4. The van der Waals surface area contributed by atoms with Gasteiger partial charge in [-0.25, -0.2) is 0 Å². The maximum absolute atomic E-state index is 11.8. The summed E-state index contributed by atoms with van der Waals surface area (Å²) in [6, 6.07) is 11.2. The third kappa shape index (κ3) is 1.87. The van der Waals surface area contributed by atoms with Gasteiger partial charge in [-0.3, -0.25) is 4.79 Å². The predicted molar refractivity (Wildman–Crippen MR) is 72.7 cm³/mol. The Morgan fingerprint density at radius 2 is 2.00 bits per heavy atom. The van der Waals surface area contributed by atoms with Crippen molar-refractivity contribution in [1.29, 1.82) is 0 Å². The lowest BCUT2D eigenvalue weighted by molar-refractivity contribution is 0.0992. The van der Waals surface area contributed by atoms with E-state index >= 15 is 0 Å². The number of hydrogen-bond donors (Lipinski definition) is 1. The number of ether oxygens (including phenoxy) is 1. The number of methoxy groups -OCH3 is 1. The zero-order valence-electron chi connectivity index (χ0n) is 10.6. The van der Waals surface area contributed by atoms with Gasteiger partial charge in [0.1, 0.15) is 11.5 Å². The molecule has 0 bridgehead atoms. The van der Waals surface area contributed by atoms with Crippen molar-refractivity contribution in [2.24, 2.45) is 0 Å². The number of phenols is 1. The Balaban J connectivity index is 2.19. The van der Waals surface area contributed by atoms with Crippen LogP contribution >= 0.6 is 0 Å². The fourth-order valence-electron chi connectivity index (χ4n) is 2.63. The van der Waals surface area contributed by atoms with Crippen LogP contribution in [0.4, 0.5) is 0 Å². The molecule has 0 fully saturated rings. The highest BCUT2D eigenvalue weighted by Crippen LogP contribution is 2.38. The van der Waals surface area contributed by atoms with Gasteiger partial charge in [0.2, 0.25) is 0 Å². The molecule has 0 heterocycles. The van der Waals surface area contributed by atoms with Crippen molar-refractivity contribution in [2.45, 2.75) is 12.8 Å². The van der Waals surface area contributed by atoms with E-state index in [1.54, 1.807) is 13.2 Å². The Labute approximate surface area is 111 Å². The Morgan fingerprint density at radius 1 is 1.16 bits per heavy atom. The molecule has 1 aliphatic carbocycles. The van der Waals surface area contributed by atoms with Crippen LogP contribution in [-0.4, -0.2) is 18.0 Å². The standard InChI is InChI=1S/C16H14O3/c1-19-11-4-2-3-10(9-11)12-5-7-14(17)16-13(12)6-8-15(16)18/h2-5,7,9,17H,6,8H2,1H3. The van der Waals surface area contributed by atoms with Crippen LogP contribution < -0.4 is 4.74 Å². The first kappa shape index (κ1) is 11.8. The molecule has 3 heteroatoms. The summed E-state index contributed by atoms with van der Waals surface area (Å²) in [6.07, 6.45) is 1.17. The smallest absolute Gasteiger partial charge is 0.167 e. The van der Waals surface area contributed by atoms with E-state index in [0.717, 1.165) is 22.4 Å². The van der Waals surface area contributed by atoms with E-state index in [-0.39, 0.29) is 11.5 Å². The second-order valence-corrected chi connectivity index (χ2v) is 4.64. The van der Waals surface area contributed by atoms with E-state index in [9.17, 15) is 9.90 Å². The topological polar surface area (TPSA) is 46.5 Å². The summed E-state index contributed by atoms with van der Waals surface area (Å²) in [5.41, 5.74) is 3.43. The van der Waals surface area contributed by atoms with E-state index in [1.165, 1.54) is 0 Å². The van der Waals surface area contributed by atoms with Crippen LogP contribution in [-0.2, 0) is 6.42 Å². The number of carbonyl (C=O) groups is 1. The number of ketones is 1. The molecule has 1 aliphatic rings. The van der Waals surface area contributed by atoms with Crippen LogP contribution in [0.5, 0.6) is 11.5 Å². The van der Waals surface area contributed by atoms with Gasteiger partial charge in [-0.15, -0.1) is 0 Å². The number of hydrogen-bond acceptors (Lipinski definition) is 3. The summed E-state index contributed by atoms with van der Waals surface area (Å²) >= 11 is 0. The Morgan fingerprint density at radius 3 is 2.79 bits per heavy atom. The van der Waals surface area contributed by atoms with Gasteiger partial charge in [0, 0.05) is 6.42 Å². The number of Topliss-reactive ketones (excluding diaryl/α,β-unsaturated/α-hetero) is 1. The molecule has 19 heavy (non-hydrogen) atoms. The van der Waals surface area contributed by atoms with Gasteiger partial charge < -0.3 is 9.84 Å². The van der Waals surface area contributed by atoms with Crippen LogP contribution in [0.25, 0.3) is 11.1 Å². The SMILES string of the molecule is COc1cccc(-c2ccc(O)c3c2CCC3=O)c1. The van der Waals surface area contributed by atoms with Gasteiger partial charge in [0.05, 0.1) is 12.7 Å². The van der Waals surface area contributed by atoms with Crippen molar-refractivity contribution in [3.63, 3.8) is 0 Å². The van der Waals surface area contributed by atoms with Crippen molar-refractivity contribution >= 4 is 5.78 Å². The molecule has 0 saturated heterocycles. The van der Waals surface area contributed by atoms with Crippen molar-refractivity contribution in [1.82, 2.24) is 0 Å². The van der Waals surface area contributed by atoms with E-state index in [4.69, 9.17) is 4.74 Å². The van der Waals surface area contributed by atoms with E-state index in [1.807, 2.05) is 30.3 Å². The zero-order valence-corrected chi connectivity index (χ0v) is 10.6. The van der Waals surface area contributed by atoms with Crippen LogP contribution in [0.3, 0.4) is 0 Å². The molecule has 3 nitrogen and oxygen atoms in total. The minimum Gasteiger partial charge on any atom is -0.507 e. The Kier molecular flexibility index (Phi) is 2.75. The molecule has 0 spiro atoms. The average Bonchev–Trinajstić information content (AvgIpc) is 2.82. The number of phenolic OH excluding ortho intramolecular Hbond substituents is 1. The van der Waals surface area contributed by atoms with Crippen LogP contribution in [0.2, 0.25) is 0 Å². The van der Waals surface area contributed by atoms with Gasteiger partial charge in [0.25, 0.3) is 0 Å². The molecule has 0 aromatic heterocycles. The molecular formula is C16H14O3. The molecule has 0 amide bonds. The van der Waals surface area contributed by atoms with E-state index < -0.39 is 0 Å². The van der Waals surface area contributed by atoms with Gasteiger partial charge >= 0.3 is 0 Å². The Hall–Kier alpha value is -2.29. The van der Waals surface area contributed by atoms with Crippen LogP contribution in [0, 0.1) is 0 Å².